The van der Waals surface area contributed by atoms with Gasteiger partial charge in [-0.1, -0.05) is 18.2 Å². The lowest BCUT2D eigenvalue weighted by Gasteiger charge is -2.33. The Hall–Kier alpha value is -1.81. The minimum atomic E-state index is -3.43. The third-order valence-electron chi connectivity index (χ3n) is 4.84. The van der Waals surface area contributed by atoms with Gasteiger partial charge in [0.05, 0.1) is 26.2 Å². The molecule has 1 aromatic carbocycles. The van der Waals surface area contributed by atoms with Crippen molar-refractivity contribution in [1.82, 2.24) is 9.62 Å². The number of quaternary nitrogens is 1. The lowest BCUT2D eigenvalue weighted by atomic mass is 10.2. The van der Waals surface area contributed by atoms with Crippen LogP contribution in [0.5, 0.6) is 0 Å². The number of thiophene rings is 1. The molecule has 2 N–H and O–H groups in total. The van der Waals surface area contributed by atoms with Gasteiger partial charge in [0.25, 0.3) is 15.9 Å². The third-order valence-corrected chi connectivity index (χ3v) is 8.11. The molecule has 1 aliphatic rings. The van der Waals surface area contributed by atoms with Crippen molar-refractivity contribution in [1.29, 1.82) is 0 Å². The van der Waals surface area contributed by atoms with Crippen LogP contribution in [0.25, 0.3) is 0 Å². The molecular formula is C18H23FN3O3S2+. The summed E-state index contributed by atoms with van der Waals surface area (Å²) < 4.78 is 39.9. The highest BCUT2D eigenvalue weighted by Crippen LogP contribution is 2.20. The fourth-order valence-corrected chi connectivity index (χ4v) is 5.70. The number of halogens is 1. The molecule has 1 amide bonds. The van der Waals surface area contributed by atoms with Crippen molar-refractivity contribution in [3.05, 3.63) is 53.2 Å². The van der Waals surface area contributed by atoms with Crippen molar-refractivity contribution < 1.29 is 22.5 Å². The fraction of sp³-hybridized carbons (Fsp3) is 0.389. The number of sulfonamides is 1. The fourth-order valence-electron chi connectivity index (χ4n) is 3.11. The number of carbonyl (C=O) groups excluding carboxylic acids is 1. The van der Waals surface area contributed by atoms with Gasteiger partial charge in [-0.15, -0.1) is 11.3 Å². The quantitative estimate of drug-likeness (QED) is 0.725. The first-order valence-corrected chi connectivity index (χ1v) is 11.1. The lowest BCUT2D eigenvalue weighted by Crippen LogP contribution is -3.19. The van der Waals surface area contributed by atoms with Crippen LogP contribution < -0.4 is 10.2 Å². The summed E-state index contributed by atoms with van der Waals surface area (Å²) in [6.07, 6.45) is 0. The molecule has 1 aliphatic heterocycles. The Morgan fingerprint density at radius 1 is 1.26 bits per heavy atom. The van der Waals surface area contributed by atoms with Gasteiger partial charge in [0, 0.05) is 6.54 Å². The van der Waals surface area contributed by atoms with E-state index in [1.807, 2.05) is 6.92 Å². The number of nitrogens with one attached hydrogen (secondary N) is 2. The molecule has 6 nitrogen and oxygen atoms in total. The summed E-state index contributed by atoms with van der Waals surface area (Å²) in [7, 11) is -3.43. The van der Waals surface area contributed by atoms with Crippen LogP contribution in [0.1, 0.15) is 12.5 Å². The summed E-state index contributed by atoms with van der Waals surface area (Å²) in [6, 6.07) is 9.07. The zero-order valence-corrected chi connectivity index (χ0v) is 16.7. The van der Waals surface area contributed by atoms with E-state index in [9.17, 15) is 17.6 Å². The molecule has 0 saturated carbocycles. The second kappa shape index (κ2) is 8.47. The SMILES string of the molecule is C[C@H](C(=O)NCc1ccc(F)cc1)[NH+]1CCN(S(=O)(=O)c2cccs2)CC1. The van der Waals surface area contributed by atoms with Crippen LogP contribution in [-0.2, 0) is 21.4 Å². The van der Waals surface area contributed by atoms with Gasteiger partial charge in [-0.2, -0.15) is 4.31 Å². The molecule has 0 spiro atoms. The van der Waals surface area contributed by atoms with Crippen molar-refractivity contribution in [3.8, 4) is 0 Å². The zero-order valence-electron chi connectivity index (χ0n) is 15.0. The van der Waals surface area contributed by atoms with Crippen molar-refractivity contribution in [2.45, 2.75) is 23.7 Å². The summed E-state index contributed by atoms with van der Waals surface area (Å²) in [5, 5.41) is 4.62. The van der Waals surface area contributed by atoms with Gasteiger partial charge in [-0.05, 0) is 36.1 Å². The molecule has 0 aliphatic carbocycles. The van der Waals surface area contributed by atoms with E-state index in [0.717, 1.165) is 10.5 Å². The molecular weight excluding hydrogens is 389 g/mol. The molecule has 1 fully saturated rings. The van der Waals surface area contributed by atoms with Gasteiger partial charge in [-0.3, -0.25) is 4.79 Å². The minimum absolute atomic E-state index is 0.0936. The summed E-state index contributed by atoms with van der Waals surface area (Å²) in [5.41, 5.74) is 0.832. The molecule has 27 heavy (non-hydrogen) atoms. The number of carbonyl (C=O) groups is 1. The van der Waals surface area contributed by atoms with Gasteiger partial charge >= 0.3 is 0 Å². The zero-order chi connectivity index (χ0) is 19.4. The summed E-state index contributed by atoms with van der Waals surface area (Å²) in [6.45, 7) is 4.14. The Bertz CT molecular complexity index is 862. The first-order valence-electron chi connectivity index (χ1n) is 8.78. The van der Waals surface area contributed by atoms with Crippen LogP contribution in [0.4, 0.5) is 4.39 Å². The maximum Gasteiger partial charge on any atom is 0.278 e. The van der Waals surface area contributed by atoms with Crippen molar-refractivity contribution in [2.75, 3.05) is 26.2 Å². The standard InChI is InChI=1S/C18H22FN3O3S2/c1-14(18(23)20-13-15-4-6-16(19)7-5-15)21-8-10-22(11-9-21)27(24,25)17-3-2-12-26-17/h2-7,12,14H,8-11,13H2,1H3,(H,20,23)/p+1/t14-/m1/s1. The van der Waals surface area contributed by atoms with Crippen LogP contribution in [-0.4, -0.2) is 50.9 Å². The Morgan fingerprint density at radius 2 is 1.93 bits per heavy atom. The number of rotatable bonds is 6. The van der Waals surface area contributed by atoms with Gasteiger partial charge in [0.1, 0.15) is 10.0 Å². The Balaban J connectivity index is 1.51. The molecule has 9 heteroatoms. The number of hydrogen-bond acceptors (Lipinski definition) is 4. The highest BCUT2D eigenvalue weighted by molar-refractivity contribution is 7.91. The monoisotopic (exact) mass is 412 g/mol. The van der Waals surface area contributed by atoms with Crippen molar-refractivity contribution >= 4 is 27.3 Å². The Kier molecular flexibility index (Phi) is 6.25. The van der Waals surface area contributed by atoms with E-state index in [4.69, 9.17) is 0 Å². The number of nitrogens with zero attached hydrogens (tertiary/aromatic N) is 1. The van der Waals surface area contributed by atoms with E-state index >= 15 is 0 Å². The number of amides is 1. The van der Waals surface area contributed by atoms with Gasteiger partial charge in [-0.25, -0.2) is 12.8 Å². The first kappa shape index (κ1) is 19.9. The first-order chi connectivity index (χ1) is 12.9. The van der Waals surface area contributed by atoms with Crippen LogP contribution >= 0.6 is 11.3 Å². The summed E-state index contributed by atoms with van der Waals surface area (Å²) >= 11 is 1.22. The predicted octanol–water partition coefficient (Wildman–Crippen LogP) is 0.481. The minimum Gasteiger partial charge on any atom is -0.347 e. The topological polar surface area (TPSA) is 70.9 Å². The van der Waals surface area contributed by atoms with E-state index in [1.54, 1.807) is 29.6 Å². The largest absolute Gasteiger partial charge is 0.347 e. The second-order valence-electron chi connectivity index (χ2n) is 6.56. The molecule has 1 saturated heterocycles. The van der Waals surface area contributed by atoms with Gasteiger partial charge < -0.3 is 10.2 Å². The maximum absolute atomic E-state index is 12.9. The molecule has 146 valence electrons. The number of hydrogen-bond donors (Lipinski definition) is 2. The van der Waals surface area contributed by atoms with Crippen molar-refractivity contribution in [2.24, 2.45) is 0 Å². The normalized spacial score (nSPS) is 17.6. The average molecular weight is 413 g/mol. The maximum atomic E-state index is 12.9. The summed E-state index contributed by atoms with van der Waals surface area (Å²) in [5.74, 6) is -0.401. The molecule has 0 radical (unpaired) electrons. The van der Waals surface area contributed by atoms with Crippen LogP contribution in [0.3, 0.4) is 0 Å². The molecule has 1 aromatic heterocycles. The third kappa shape index (κ3) is 4.73. The molecule has 1 atom stereocenters. The molecule has 2 heterocycles. The van der Waals surface area contributed by atoms with E-state index in [-0.39, 0.29) is 17.8 Å². The van der Waals surface area contributed by atoms with E-state index in [0.29, 0.717) is 36.9 Å². The van der Waals surface area contributed by atoms with Crippen LogP contribution in [0, 0.1) is 5.82 Å². The van der Waals surface area contributed by atoms with Gasteiger partial charge in [0.2, 0.25) is 0 Å². The number of benzene rings is 1. The highest BCUT2D eigenvalue weighted by Gasteiger charge is 2.34. The molecule has 0 bridgehead atoms. The molecule has 3 rings (SSSR count). The van der Waals surface area contributed by atoms with E-state index < -0.39 is 10.0 Å². The Morgan fingerprint density at radius 3 is 2.52 bits per heavy atom. The molecule has 2 aromatic rings. The van der Waals surface area contributed by atoms with Crippen LogP contribution in [0.2, 0.25) is 0 Å². The van der Waals surface area contributed by atoms with Crippen LogP contribution in [0.15, 0.2) is 46.0 Å². The smallest absolute Gasteiger partial charge is 0.278 e. The van der Waals surface area contributed by atoms with E-state index in [2.05, 4.69) is 5.32 Å². The number of piperazine rings is 1. The average Bonchev–Trinajstić information content (AvgIpc) is 3.22. The molecule has 0 unspecified atom stereocenters. The van der Waals surface area contributed by atoms with Crippen molar-refractivity contribution in [3.63, 3.8) is 0 Å². The lowest BCUT2D eigenvalue weighted by molar-refractivity contribution is -0.917. The highest BCUT2D eigenvalue weighted by atomic mass is 32.2. The summed E-state index contributed by atoms with van der Waals surface area (Å²) in [4.78, 5) is 13.5. The van der Waals surface area contributed by atoms with E-state index in [1.165, 1.54) is 27.8 Å². The van der Waals surface area contributed by atoms with Gasteiger partial charge in [0.15, 0.2) is 6.04 Å². The second-order valence-corrected chi connectivity index (χ2v) is 9.67. The predicted molar refractivity (Wildman–Crippen MR) is 101 cm³/mol. The Labute approximate surface area is 162 Å².